The molecule has 0 amide bonds. The van der Waals surface area contributed by atoms with E-state index in [-0.39, 0.29) is 0 Å². The fourth-order valence-electron chi connectivity index (χ4n) is 6.80. The van der Waals surface area contributed by atoms with Crippen LogP contribution in [0.4, 0.5) is 0 Å². The van der Waals surface area contributed by atoms with Crippen molar-refractivity contribution in [2.45, 2.75) is 44.4 Å². The third kappa shape index (κ3) is 3.91. The molecule has 3 nitrogen and oxygen atoms in total. The van der Waals surface area contributed by atoms with Crippen molar-refractivity contribution in [2.75, 3.05) is 0 Å². The average molecular weight is 508 g/mol. The number of fused-ring (bicyclic) bond motifs is 4. The van der Waals surface area contributed by atoms with Crippen LogP contribution in [0.5, 0.6) is 0 Å². The Morgan fingerprint density at radius 2 is 1.49 bits per heavy atom. The summed E-state index contributed by atoms with van der Waals surface area (Å²) in [4.78, 5) is 0. The highest BCUT2D eigenvalue weighted by molar-refractivity contribution is 6.11. The maximum absolute atomic E-state index is 10.1. The van der Waals surface area contributed by atoms with Gasteiger partial charge in [0.05, 0.1) is 17.2 Å². The van der Waals surface area contributed by atoms with Crippen LogP contribution in [0.25, 0.3) is 44.0 Å². The average Bonchev–Trinajstić information content (AvgIpc) is 3.35. The second-order valence-electron chi connectivity index (χ2n) is 11.1. The van der Waals surface area contributed by atoms with Gasteiger partial charge in [-0.1, -0.05) is 54.6 Å². The highest BCUT2D eigenvalue weighted by Gasteiger charge is 2.29. The van der Waals surface area contributed by atoms with E-state index >= 15 is 0 Å². The molecule has 1 aliphatic rings. The predicted molar refractivity (Wildman–Crippen MR) is 158 cm³/mol. The summed E-state index contributed by atoms with van der Waals surface area (Å²) < 4.78 is 8.94. The molecular weight excluding hydrogens is 476 g/mol. The van der Waals surface area contributed by atoms with Crippen molar-refractivity contribution in [3.05, 3.63) is 113 Å². The number of aromatic nitrogens is 1. The number of aryl methyl sites for hydroxylation is 2. The molecule has 2 aromatic heterocycles. The minimum absolute atomic E-state index is 0.318. The predicted octanol–water partition coefficient (Wildman–Crippen LogP) is 8.85. The van der Waals surface area contributed by atoms with Crippen molar-refractivity contribution < 1.29 is 8.98 Å². The molecule has 2 heterocycles. The van der Waals surface area contributed by atoms with Crippen molar-refractivity contribution in [3.63, 3.8) is 0 Å². The van der Waals surface area contributed by atoms with E-state index in [1.165, 1.54) is 21.9 Å². The highest BCUT2D eigenvalue weighted by atomic mass is 16.3. The van der Waals surface area contributed by atoms with Crippen molar-refractivity contribution in [3.8, 4) is 17.3 Å². The molecule has 1 fully saturated rings. The molecule has 4 aromatic carbocycles. The van der Waals surface area contributed by atoms with Gasteiger partial charge >= 0.3 is 0 Å². The Kier molecular flexibility index (Phi) is 5.71. The van der Waals surface area contributed by atoms with Gasteiger partial charge in [0.15, 0.2) is 6.20 Å². The maximum Gasteiger partial charge on any atom is 0.216 e. The summed E-state index contributed by atoms with van der Waals surface area (Å²) in [5, 5.41) is 15.0. The first-order valence-corrected chi connectivity index (χ1v) is 13.9. The second-order valence-corrected chi connectivity index (χ2v) is 11.1. The van der Waals surface area contributed by atoms with Crippen LogP contribution in [0.15, 0.2) is 95.5 Å². The molecule has 1 saturated carbocycles. The van der Waals surface area contributed by atoms with Crippen LogP contribution in [0.2, 0.25) is 0 Å². The van der Waals surface area contributed by atoms with Gasteiger partial charge in [0.25, 0.3) is 0 Å². The van der Waals surface area contributed by atoms with Gasteiger partial charge in [-0.25, -0.2) is 4.57 Å². The summed E-state index contributed by atoms with van der Waals surface area (Å²) in [7, 11) is 2.07. The summed E-state index contributed by atoms with van der Waals surface area (Å²) in [5.74, 6) is 0.872. The van der Waals surface area contributed by atoms with Crippen LogP contribution in [-0.4, -0.2) is 0 Å². The smallest absolute Gasteiger partial charge is 0.216 e. The number of furan rings is 1. The number of nitrogens with zero attached hydrogens (tertiary/aromatic N) is 2. The Labute approximate surface area is 228 Å². The summed E-state index contributed by atoms with van der Waals surface area (Å²) >= 11 is 0. The van der Waals surface area contributed by atoms with Gasteiger partial charge in [-0.15, -0.1) is 0 Å². The van der Waals surface area contributed by atoms with Gasteiger partial charge in [-0.2, -0.15) is 5.26 Å². The van der Waals surface area contributed by atoms with E-state index in [0.29, 0.717) is 11.8 Å². The second kappa shape index (κ2) is 9.40. The fraction of sp³-hybridized carbons (Fsp3) is 0.222. The first-order valence-electron chi connectivity index (χ1n) is 13.9. The zero-order valence-corrected chi connectivity index (χ0v) is 22.4. The minimum atomic E-state index is 0.318. The third-order valence-corrected chi connectivity index (χ3v) is 8.87. The summed E-state index contributed by atoms with van der Waals surface area (Å²) in [6.45, 7) is 2.14. The van der Waals surface area contributed by atoms with E-state index in [1.807, 2.05) is 12.1 Å². The minimum Gasteiger partial charge on any atom is -0.455 e. The molecule has 190 valence electrons. The summed E-state index contributed by atoms with van der Waals surface area (Å²) in [5.41, 5.74) is 8.51. The lowest BCUT2D eigenvalue weighted by molar-refractivity contribution is -0.660. The standard InChI is InChI=1S/C36H31N2O/c1-23-10-18-30-31-19-17-29(22-37)34(36(31)39-35(30)33(23)32-9-5-6-20-38(32)2)26-14-11-25(12-15-26)28-16-13-24-7-3-4-8-27(24)21-28/h3-10,13,16-21,25-26H,11-12,14-15H2,1-2H3/q+1. The molecule has 3 heteroatoms. The molecule has 7 rings (SSSR count). The Hall–Kier alpha value is -4.42. The van der Waals surface area contributed by atoms with Gasteiger partial charge in [0.2, 0.25) is 5.69 Å². The van der Waals surface area contributed by atoms with Gasteiger partial charge in [0, 0.05) is 28.5 Å². The van der Waals surface area contributed by atoms with E-state index in [1.54, 1.807) is 0 Å². The molecule has 0 bridgehead atoms. The Morgan fingerprint density at radius 1 is 0.769 bits per heavy atom. The van der Waals surface area contributed by atoms with Crippen molar-refractivity contribution in [1.29, 1.82) is 5.26 Å². The summed E-state index contributed by atoms with van der Waals surface area (Å²) in [6, 6.07) is 32.7. The lowest BCUT2D eigenvalue weighted by atomic mass is 9.74. The van der Waals surface area contributed by atoms with Crippen LogP contribution in [0, 0.1) is 18.3 Å². The topological polar surface area (TPSA) is 40.8 Å². The van der Waals surface area contributed by atoms with Gasteiger partial charge < -0.3 is 4.42 Å². The number of benzene rings is 4. The van der Waals surface area contributed by atoms with Crippen LogP contribution >= 0.6 is 0 Å². The lowest BCUT2D eigenvalue weighted by Crippen LogP contribution is -2.30. The molecule has 0 unspecified atom stereocenters. The first kappa shape index (κ1) is 23.7. The highest BCUT2D eigenvalue weighted by Crippen LogP contribution is 2.46. The number of pyridine rings is 1. The zero-order chi connectivity index (χ0) is 26.5. The van der Waals surface area contributed by atoms with Crippen molar-refractivity contribution in [2.24, 2.45) is 7.05 Å². The molecule has 6 aromatic rings. The Morgan fingerprint density at radius 3 is 2.28 bits per heavy atom. The number of hydrogen-bond donors (Lipinski definition) is 0. The number of hydrogen-bond acceptors (Lipinski definition) is 2. The van der Waals surface area contributed by atoms with Gasteiger partial charge in [0.1, 0.15) is 18.2 Å². The molecule has 0 aliphatic heterocycles. The molecule has 0 N–H and O–H groups in total. The zero-order valence-electron chi connectivity index (χ0n) is 22.4. The molecule has 39 heavy (non-hydrogen) atoms. The van der Waals surface area contributed by atoms with E-state index < -0.39 is 0 Å². The Bertz CT molecular complexity index is 1910. The summed E-state index contributed by atoms with van der Waals surface area (Å²) in [6.07, 6.45) is 6.43. The monoisotopic (exact) mass is 507 g/mol. The molecule has 0 spiro atoms. The number of nitriles is 1. The maximum atomic E-state index is 10.1. The molecular formula is C36H31N2O+. The SMILES string of the molecule is Cc1ccc2c(oc3c(C4CCC(c5ccc6ccccc6c5)CC4)c(C#N)ccc32)c1-c1cccc[n+]1C. The normalized spacial score (nSPS) is 17.6. The fourth-order valence-corrected chi connectivity index (χ4v) is 6.80. The molecule has 0 saturated heterocycles. The third-order valence-electron chi connectivity index (χ3n) is 8.87. The Balaban J connectivity index is 1.30. The van der Waals surface area contributed by atoms with E-state index in [4.69, 9.17) is 4.42 Å². The van der Waals surface area contributed by atoms with Gasteiger partial charge in [-0.05, 0) is 84.5 Å². The molecule has 0 radical (unpaired) electrons. The molecule has 0 atom stereocenters. The van der Waals surface area contributed by atoms with Crippen molar-refractivity contribution >= 4 is 32.7 Å². The van der Waals surface area contributed by atoms with E-state index in [0.717, 1.165) is 70.0 Å². The van der Waals surface area contributed by atoms with Crippen molar-refractivity contribution in [1.82, 2.24) is 0 Å². The van der Waals surface area contributed by atoms with Gasteiger partial charge in [-0.3, -0.25) is 0 Å². The van der Waals surface area contributed by atoms with Crippen LogP contribution in [-0.2, 0) is 7.05 Å². The van der Waals surface area contributed by atoms with Crippen LogP contribution in [0.1, 0.15) is 59.8 Å². The van der Waals surface area contributed by atoms with E-state index in [9.17, 15) is 5.26 Å². The first-order chi connectivity index (χ1) is 19.1. The quantitative estimate of drug-likeness (QED) is 0.225. The molecule has 1 aliphatic carbocycles. The van der Waals surface area contributed by atoms with Crippen LogP contribution < -0.4 is 4.57 Å². The largest absolute Gasteiger partial charge is 0.455 e. The lowest BCUT2D eigenvalue weighted by Gasteiger charge is -2.29. The number of rotatable bonds is 3. The van der Waals surface area contributed by atoms with E-state index in [2.05, 4.69) is 104 Å². The van der Waals surface area contributed by atoms with Crippen LogP contribution in [0.3, 0.4) is 0 Å².